The Bertz CT molecular complexity index is 1280. The molecule has 4 aromatic rings. The predicted octanol–water partition coefficient (Wildman–Crippen LogP) is 6.03. The Morgan fingerprint density at radius 1 is 1.03 bits per heavy atom. The second kappa shape index (κ2) is 8.69. The van der Waals surface area contributed by atoms with Gasteiger partial charge in [0, 0.05) is 10.4 Å². The monoisotopic (exact) mass is 449 g/mol. The first-order valence-electron chi connectivity index (χ1n) is 9.89. The van der Waals surface area contributed by atoms with E-state index in [1.165, 1.54) is 22.2 Å². The van der Waals surface area contributed by atoms with Crippen LogP contribution in [0, 0.1) is 27.7 Å². The second-order valence-electron chi connectivity index (χ2n) is 7.51. The fourth-order valence-electron chi connectivity index (χ4n) is 3.42. The molecule has 1 amide bonds. The number of aryl methyl sites for hydroxylation is 4. The lowest BCUT2D eigenvalue weighted by Crippen LogP contribution is -2.14. The molecule has 0 atom stereocenters. The van der Waals surface area contributed by atoms with E-state index in [0.29, 0.717) is 11.5 Å². The molecule has 0 unspecified atom stereocenters. The number of nitrogens with zero attached hydrogens (tertiary/aromatic N) is 2. The highest BCUT2D eigenvalue weighted by Gasteiger charge is 2.19. The summed E-state index contributed by atoms with van der Waals surface area (Å²) in [7, 11) is 0. The molecule has 0 bridgehead atoms. The van der Waals surface area contributed by atoms with E-state index in [-0.39, 0.29) is 17.4 Å². The van der Waals surface area contributed by atoms with Crippen LogP contribution in [0.1, 0.15) is 21.8 Å². The first-order valence-corrected chi connectivity index (χ1v) is 11.7. The molecule has 2 aromatic carbocycles. The molecule has 5 nitrogen and oxygen atoms in total. The zero-order valence-corrected chi connectivity index (χ0v) is 19.4. The number of hydrogen-bond donors (Lipinski definition) is 2. The molecule has 0 saturated heterocycles. The van der Waals surface area contributed by atoms with Gasteiger partial charge in [0.25, 0.3) is 0 Å². The number of benzene rings is 2. The number of aromatic hydroxyl groups is 1. The third-order valence-corrected chi connectivity index (χ3v) is 6.89. The molecule has 0 aliphatic carbocycles. The summed E-state index contributed by atoms with van der Waals surface area (Å²) in [5.74, 6) is 0.725. The van der Waals surface area contributed by atoms with E-state index >= 15 is 0 Å². The molecule has 2 N–H and O–H groups in total. The number of phenolic OH excluding ortho intramolecular Hbond substituents is 1. The Morgan fingerprint density at radius 2 is 1.74 bits per heavy atom. The number of thiophene rings is 1. The first-order chi connectivity index (χ1) is 14.8. The number of aromatic nitrogens is 2. The van der Waals surface area contributed by atoms with Crippen LogP contribution in [-0.4, -0.2) is 26.7 Å². The number of thioether (sulfide) groups is 1. The first kappa shape index (κ1) is 21.3. The zero-order valence-electron chi connectivity index (χ0n) is 17.8. The van der Waals surface area contributed by atoms with Crippen molar-refractivity contribution in [3.05, 3.63) is 64.3 Å². The fraction of sp³-hybridized carbons (Fsp3) is 0.208. The van der Waals surface area contributed by atoms with Crippen LogP contribution in [0.2, 0.25) is 0 Å². The SMILES string of the molecule is Cc1ccc(-c2c(C)sc3nc(C)nc(SCC(=O)Nc4cc(C)ccc4O)c23)cc1. The minimum Gasteiger partial charge on any atom is -0.506 e. The number of carbonyl (C=O) groups excluding carboxylic acids is 1. The molecule has 4 rings (SSSR count). The molecule has 0 radical (unpaired) electrons. The van der Waals surface area contributed by atoms with E-state index in [9.17, 15) is 9.90 Å². The summed E-state index contributed by atoms with van der Waals surface area (Å²) >= 11 is 3.04. The minimum atomic E-state index is -0.195. The van der Waals surface area contributed by atoms with Crippen molar-refractivity contribution in [2.45, 2.75) is 32.7 Å². The molecule has 2 aromatic heterocycles. The summed E-state index contributed by atoms with van der Waals surface area (Å²) in [4.78, 5) is 24.0. The molecule has 0 aliphatic heterocycles. The Morgan fingerprint density at radius 3 is 2.48 bits per heavy atom. The summed E-state index contributed by atoms with van der Waals surface area (Å²) in [5.41, 5.74) is 4.84. The number of amides is 1. The zero-order chi connectivity index (χ0) is 22.1. The van der Waals surface area contributed by atoms with E-state index in [2.05, 4.69) is 53.4 Å². The standard InChI is InChI=1S/C24H23N3O2S2/c1-13-5-8-17(9-6-13)21-15(3)31-24-22(21)23(25-16(4)26-24)30-12-20(29)27-18-11-14(2)7-10-19(18)28/h5-11,28H,12H2,1-4H3,(H,27,29). The summed E-state index contributed by atoms with van der Waals surface area (Å²) in [6.45, 7) is 7.95. The molecule has 158 valence electrons. The van der Waals surface area contributed by atoms with Crippen molar-refractivity contribution in [1.82, 2.24) is 9.97 Å². The maximum absolute atomic E-state index is 12.6. The van der Waals surface area contributed by atoms with Gasteiger partial charge in [-0.1, -0.05) is 47.7 Å². The number of nitrogens with one attached hydrogen (secondary N) is 1. The van der Waals surface area contributed by atoms with Crippen molar-refractivity contribution in [3.8, 4) is 16.9 Å². The van der Waals surface area contributed by atoms with Crippen molar-refractivity contribution < 1.29 is 9.90 Å². The molecule has 2 heterocycles. The van der Waals surface area contributed by atoms with E-state index in [1.54, 1.807) is 29.5 Å². The lowest BCUT2D eigenvalue weighted by atomic mass is 10.0. The molecule has 0 saturated carbocycles. The molecule has 0 fully saturated rings. The Balaban J connectivity index is 1.65. The van der Waals surface area contributed by atoms with Gasteiger partial charge in [-0.15, -0.1) is 11.3 Å². The van der Waals surface area contributed by atoms with E-state index in [4.69, 9.17) is 0 Å². The predicted molar refractivity (Wildman–Crippen MR) is 129 cm³/mol. The number of hydrogen-bond acceptors (Lipinski definition) is 6. The number of fused-ring (bicyclic) bond motifs is 1. The maximum atomic E-state index is 12.6. The van der Waals surface area contributed by atoms with Crippen LogP contribution in [0.15, 0.2) is 47.5 Å². The Hall–Kier alpha value is -2.90. The number of carbonyl (C=O) groups is 1. The summed E-state index contributed by atoms with van der Waals surface area (Å²) < 4.78 is 0. The summed E-state index contributed by atoms with van der Waals surface area (Å²) in [5, 5.41) is 14.6. The minimum absolute atomic E-state index is 0.0549. The maximum Gasteiger partial charge on any atom is 0.234 e. The molecule has 0 aliphatic rings. The Labute approximate surface area is 189 Å². The smallest absolute Gasteiger partial charge is 0.234 e. The number of phenols is 1. The average molecular weight is 450 g/mol. The lowest BCUT2D eigenvalue weighted by molar-refractivity contribution is -0.113. The Kier molecular flexibility index (Phi) is 5.98. The van der Waals surface area contributed by atoms with Gasteiger partial charge in [-0.25, -0.2) is 9.97 Å². The van der Waals surface area contributed by atoms with Crippen LogP contribution < -0.4 is 5.32 Å². The number of rotatable bonds is 5. The third kappa shape index (κ3) is 4.57. The van der Waals surface area contributed by atoms with Gasteiger partial charge in [0.15, 0.2) is 0 Å². The van der Waals surface area contributed by atoms with Gasteiger partial charge in [-0.2, -0.15) is 0 Å². The highest BCUT2D eigenvalue weighted by molar-refractivity contribution is 8.00. The van der Waals surface area contributed by atoms with Crippen LogP contribution in [0.25, 0.3) is 21.3 Å². The largest absolute Gasteiger partial charge is 0.506 e. The van der Waals surface area contributed by atoms with Crippen molar-refractivity contribution in [2.24, 2.45) is 0 Å². The molecular weight excluding hydrogens is 426 g/mol. The second-order valence-corrected chi connectivity index (χ2v) is 9.68. The van der Waals surface area contributed by atoms with Gasteiger partial charge in [0.2, 0.25) is 5.91 Å². The third-order valence-electron chi connectivity index (χ3n) is 4.91. The lowest BCUT2D eigenvalue weighted by Gasteiger charge is -2.10. The molecule has 31 heavy (non-hydrogen) atoms. The normalized spacial score (nSPS) is 11.1. The van der Waals surface area contributed by atoms with Crippen LogP contribution in [0.4, 0.5) is 5.69 Å². The van der Waals surface area contributed by atoms with Gasteiger partial charge >= 0.3 is 0 Å². The topological polar surface area (TPSA) is 75.1 Å². The van der Waals surface area contributed by atoms with Gasteiger partial charge in [-0.05, 0) is 51.0 Å². The quantitative estimate of drug-likeness (QED) is 0.221. The van der Waals surface area contributed by atoms with E-state index in [0.717, 1.165) is 31.9 Å². The molecular formula is C24H23N3O2S2. The van der Waals surface area contributed by atoms with Gasteiger partial charge < -0.3 is 10.4 Å². The fourth-order valence-corrected chi connectivity index (χ4v) is 5.46. The van der Waals surface area contributed by atoms with Gasteiger partial charge in [0.05, 0.1) is 16.8 Å². The van der Waals surface area contributed by atoms with Gasteiger partial charge in [-0.3, -0.25) is 4.79 Å². The van der Waals surface area contributed by atoms with E-state index in [1.807, 2.05) is 13.8 Å². The molecule has 0 spiro atoms. The highest BCUT2D eigenvalue weighted by atomic mass is 32.2. The molecule has 7 heteroatoms. The van der Waals surface area contributed by atoms with Crippen molar-refractivity contribution >= 4 is 44.9 Å². The van der Waals surface area contributed by atoms with Crippen molar-refractivity contribution in [1.29, 1.82) is 0 Å². The average Bonchev–Trinajstić information content (AvgIpc) is 3.05. The highest BCUT2D eigenvalue weighted by Crippen LogP contribution is 2.41. The summed E-state index contributed by atoms with van der Waals surface area (Å²) in [6, 6.07) is 13.6. The van der Waals surface area contributed by atoms with E-state index < -0.39 is 0 Å². The van der Waals surface area contributed by atoms with Crippen LogP contribution in [-0.2, 0) is 4.79 Å². The van der Waals surface area contributed by atoms with Crippen LogP contribution >= 0.6 is 23.1 Å². The van der Waals surface area contributed by atoms with Gasteiger partial charge in [0.1, 0.15) is 21.4 Å². The van der Waals surface area contributed by atoms with Crippen molar-refractivity contribution in [2.75, 3.05) is 11.1 Å². The van der Waals surface area contributed by atoms with Crippen LogP contribution in [0.3, 0.4) is 0 Å². The number of anilines is 1. The van der Waals surface area contributed by atoms with Crippen LogP contribution in [0.5, 0.6) is 5.75 Å². The summed E-state index contributed by atoms with van der Waals surface area (Å²) in [6.07, 6.45) is 0. The van der Waals surface area contributed by atoms with Crippen molar-refractivity contribution in [3.63, 3.8) is 0 Å².